The lowest BCUT2D eigenvalue weighted by Crippen LogP contribution is -2.19. The number of phenols is 1. The number of aliphatic hydroxyl groups excluding tert-OH is 1. The molecule has 0 saturated carbocycles. The fourth-order valence-electron chi connectivity index (χ4n) is 1.38. The first-order valence-corrected chi connectivity index (χ1v) is 5.02. The van der Waals surface area contributed by atoms with Crippen molar-refractivity contribution in [1.82, 2.24) is 0 Å². The summed E-state index contributed by atoms with van der Waals surface area (Å²) in [6.45, 7) is 1.40. The van der Waals surface area contributed by atoms with Crippen LogP contribution in [-0.4, -0.2) is 22.8 Å². The van der Waals surface area contributed by atoms with Crippen molar-refractivity contribution >= 4 is 5.97 Å². The normalized spacial score (nSPS) is 13.2. The van der Waals surface area contributed by atoms with Crippen molar-refractivity contribution in [1.29, 1.82) is 0 Å². The average molecular weight is 264 g/mol. The standard InChI is InChI=1S/C11H11F3O4/c1-2-18-10(17)9(16)7-4-3-6(15)5-8(7)11(12,13)14/h3-5,9,15-16H,2H2,1H3. The zero-order chi connectivity index (χ0) is 13.9. The number of carbonyl (C=O) groups is 1. The van der Waals surface area contributed by atoms with Crippen LogP contribution in [0.5, 0.6) is 5.75 Å². The highest BCUT2D eigenvalue weighted by atomic mass is 19.4. The molecule has 0 saturated heterocycles. The SMILES string of the molecule is CCOC(=O)C(O)c1ccc(O)cc1C(F)(F)F. The Morgan fingerprint density at radius 3 is 2.56 bits per heavy atom. The summed E-state index contributed by atoms with van der Waals surface area (Å²) in [5.41, 5.74) is -1.93. The van der Waals surface area contributed by atoms with E-state index in [4.69, 9.17) is 5.11 Å². The molecule has 0 aliphatic rings. The molecule has 0 aromatic heterocycles. The molecule has 0 aliphatic heterocycles. The van der Waals surface area contributed by atoms with Gasteiger partial charge in [0.1, 0.15) is 5.75 Å². The highest BCUT2D eigenvalue weighted by molar-refractivity contribution is 5.77. The van der Waals surface area contributed by atoms with Crippen LogP contribution in [0.15, 0.2) is 18.2 Å². The Labute approximate surface area is 101 Å². The van der Waals surface area contributed by atoms with Gasteiger partial charge in [-0.05, 0) is 19.1 Å². The number of benzene rings is 1. The molecule has 0 radical (unpaired) electrons. The van der Waals surface area contributed by atoms with Crippen molar-refractivity contribution < 1.29 is 32.9 Å². The zero-order valence-electron chi connectivity index (χ0n) is 9.36. The summed E-state index contributed by atoms with van der Waals surface area (Å²) in [7, 11) is 0. The molecule has 4 nitrogen and oxygen atoms in total. The van der Waals surface area contributed by atoms with Gasteiger partial charge < -0.3 is 14.9 Å². The molecular formula is C11H11F3O4. The Morgan fingerprint density at radius 2 is 2.06 bits per heavy atom. The van der Waals surface area contributed by atoms with Gasteiger partial charge in [0.2, 0.25) is 0 Å². The Hall–Kier alpha value is -1.76. The summed E-state index contributed by atoms with van der Waals surface area (Å²) in [5, 5.41) is 18.5. The van der Waals surface area contributed by atoms with Crippen LogP contribution in [0.2, 0.25) is 0 Å². The van der Waals surface area contributed by atoms with Crippen LogP contribution < -0.4 is 0 Å². The number of rotatable bonds is 3. The highest BCUT2D eigenvalue weighted by Gasteiger charge is 2.37. The minimum absolute atomic E-state index is 0.0602. The van der Waals surface area contributed by atoms with Crippen molar-refractivity contribution in [3.05, 3.63) is 29.3 Å². The van der Waals surface area contributed by atoms with Gasteiger partial charge in [-0.1, -0.05) is 6.07 Å². The maximum absolute atomic E-state index is 12.7. The van der Waals surface area contributed by atoms with Crippen LogP contribution in [0, 0.1) is 0 Å². The van der Waals surface area contributed by atoms with Gasteiger partial charge in [0, 0.05) is 5.56 Å². The molecule has 100 valence electrons. The summed E-state index contributed by atoms with van der Waals surface area (Å²) < 4.78 is 42.4. The second kappa shape index (κ2) is 5.26. The third kappa shape index (κ3) is 3.13. The van der Waals surface area contributed by atoms with E-state index in [2.05, 4.69) is 4.74 Å². The summed E-state index contributed by atoms with van der Waals surface area (Å²) in [4.78, 5) is 11.2. The van der Waals surface area contributed by atoms with E-state index in [-0.39, 0.29) is 6.61 Å². The van der Waals surface area contributed by atoms with Crippen LogP contribution in [0.1, 0.15) is 24.2 Å². The van der Waals surface area contributed by atoms with Gasteiger partial charge in [0.25, 0.3) is 0 Å². The fourth-order valence-corrected chi connectivity index (χ4v) is 1.38. The lowest BCUT2D eigenvalue weighted by atomic mass is 10.0. The van der Waals surface area contributed by atoms with Crippen LogP contribution in [0.3, 0.4) is 0 Å². The van der Waals surface area contributed by atoms with Crippen molar-refractivity contribution in [2.24, 2.45) is 0 Å². The molecule has 7 heteroatoms. The van der Waals surface area contributed by atoms with E-state index in [1.807, 2.05) is 0 Å². The van der Waals surface area contributed by atoms with E-state index >= 15 is 0 Å². The molecule has 1 aromatic carbocycles. The van der Waals surface area contributed by atoms with E-state index < -0.39 is 35.1 Å². The molecule has 1 unspecified atom stereocenters. The van der Waals surface area contributed by atoms with Crippen LogP contribution in [0.4, 0.5) is 13.2 Å². The molecule has 1 atom stereocenters. The van der Waals surface area contributed by atoms with Gasteiger partial charge in [-0.3, -0.25) is 0 Å². The first-order chi connectivity index (χ1) is 8.27. The molecule has 0 heterocycles. The number of alkyl halides is 3. The number of esters is 1. The Balaban J connectivity index is 3.20. The maximum atomic E-state index is 12.7. The Morgan fingerprint density at radius 1 is 1.44 bits per heavy atom. The lowest BCUT2D eigenvalue weighted by molar-refractivity contribution is -0.155. The molecule has 0 bridgehead atoms. The molecule has 18 heavy (non-hydrogen) atoms. The second-order valence-electron chi connectivity index (χ2n) is 3.42. The number of phenolic OH excluding ortho intramolecular Hbond substituents is 1. The molecule has 1 rings (SSSR count). The molecule has 0 aliphatic carbocycles. The first-order valence-electron chi connectivity index (χ1n) is 5.02. The van der Waals surface area contributed by atoms with Crippen LogP contribution in [0.25, 0.3) is 0 Å². The maximum Gasteiger partial charge on any atom is 0.416 e. The van der Waals surface area contributed by atoms with Gasteiger partial charge in [-0.25, -0.2) is 4.79 Å². The van der Waals surface area contributed by atoms with Crippen molar-refractivity contribution in [2.45, 2.75) is 19.2 Å². The van der Waals surface area contributed by atoms with E-state index in [0.717, 1.165) is 12.1 Å². The predicted molar refractivity (Wildman–Crippen MR) is 54.7 cm³/mol. The van der Waals surface area contributed by atoms with E-state index in [9.17, 15) is 23.1 Å². The van der Waals surface area contributed by atoms with E-state index in [1.165, 1.54) is 6.92 Å². The lowest BCUT2D eigenvalue weighted by Gasteiger charge is -2.16. The number of hydrogen-bond acceptors (Lipinski definition) is 4. The first kappa shape index (κ1) is 14.3. The van der Waals surface area contributed by atoms with Gasteiger partial charge in [-0.2, -0.15) is 13.2 Å². The average Bonchev–Trinajstić information content (AvgIpc) is 2.27. The van der Waals surface area contributed by atoms with Gasteiger partial charge in [0.15, 0.2) is 6.10 Å². The largest absolute Gasteiger partial charge is 0.508 e. The number of aliphatic hydroxyl groups is 1. The molecule has 1 aromatic rings. The molecule has 2 N–H and O–H groups in total. The molecule has 0 amide bonds. The minimum Gasteiger partial charge on any atom is -0.508 e. The van der Waals surface area contributed by atoms with Crippen LogP contribution >= 0.6 is 0 Å². The zero-order valence-corrected chi connectivity index (χ0v) is 9.36. The van der Waals surface area contributed by atoms with Crippen molar-refractivity contribution in [2.75, 3.05) is 6.61 Å². The monoisotopic (exact) mass is 264 g/mol. The quantitative estimate of drug-likeness (QED) is 0.819. The number of carbonyl (C=O) groups excluding carboxylic acids is 1. The summed E-state index contributed by atoms with van der Waals surface area (Å²) >= 11 is 0. The Kier molecular flexibility index (Phi) is 4.18. The van der Waals surface area contributed by atoms with Crippen molar-refractivity contribution in [3.63, 3.8) is 0 Å². The number of hydrogen-bond donors (Lipinski definition) is 2. The summed E-state index contributed by atoms with van der Waals surface area (Å²) in [6.07, 6.45) is -6.83. The number of aromatic hydroxyl groups is 1. The van der Waals surface area contributed by atoms with Crippen LogP contribution in [-0.2, 0) is 15.7 Å². The molecular weight excluding hydrogens is 253 g/mol. The smallest absolute Gasteiger partial charge is 0.416 e. The minimum atomic E-state index is -4.79. The topological polar surface area (TPSA) is 66.8 Å². The highest BCUT2D eigenvalue weighted by Crippen LogP contribution is 2.36. The number of ether oxygens (including phenoxy) is 1. The third-order valence-electron chi connectivity index (χ3n) is 2.15. The van der Waals surface area contributed by atoms with E-state index in [0.29, 0.717) is 6.07 Å². The van der Waals surface area contributed by atoms with E-state index in [1.54, 1.807) is 0 Å². The summed E-state index contributed by atoms with van der Waals surface area (Å²) in [6, 6.07) is 2.23. The molecule has 0 spiro atoms. The van der Waals surface area contributed by atoms with Gasteiger partial charge in [0.05, 0.1) is 12.2 Å². The number of halogens is 3. The predicted octanol–water partition coefficient (Wildman–Crippen LogP) is 2.01. The second-order valence-corrected chi connectivity index (χ2v) is 3.42. The van der Waals surface area contributed by atoms with Gasteiger partial charge in [-0.15, -0.1) is 0 Å². The Bertz CT molecular complexity index is 442. The summed E-state index contributed by atoms with van der Waals surface area (Å²) in [5.74, 6) is -1.78. The van der Waals surface area contributed by atoms with Crippen molar-refractivity contribution in [3.8, 4) is 5.75 Å². The fraction of sp³-hybridized carbons (Fsp3) is 0.364. The van der Waals surface area contributed by atoms with Gasteiger partial charge >= 0.3 is 12.1 Å². The molecule has 0 fully saturated rings. The third-order valence-corrected chi connectivity index (χ3v) is 2.15.